The van der Waals surface area contributed by atoms with Crippen LogP contribution in [-0.4, -0.2) is 31.9 Å². The minimum Gasteiger partial charge on any atom is -0.444 e. The summed E-state index contributed by atoms with van der Waals surface area (Å²) in [6, 6.07) is 8.50. The van der Waals surface area contributed by atoms with E-state index >= 15 is 0 Å². The number of sulfone groups is 1. The largest absolute Gasteiger partial charge is 0.444 e. The molecule has 1 aliphatic carbocycles. The molecule has 128 valence electrons. The van der Waals surface area contributed by atoms with E-state index in [9.17, 15) is 13.2 Å². The van der Waals surface area contributed by atoms with Gasteiger partial charge in [-0.25, -0.2) is 13.2 Å². The van der Waals surface area contributed by atoms with Crippen molar-refractivity contribution in [1.82, 2.24) is 5.32 Å². The molecule has 2 unspecified atom stereocenters. The minimum absolute atomic E-state index is 0.0131. The number of ether oxygens (including phenoxy) is 1. The molecule has 1 N–H and O–H groups in total. The average Bonchev–Trinajstić information content (AvgIpc) is 2.83. The van der Waals surface area contributed by atoms with Crippen molar-refractivity contribution in [3.8, 4) is 0 Å². The minimum atomic E-state index is -3.27. The van der Waals surface area contributed by atoms with E-state index in [-0.39, 0.29) is 17.7 Å². The molecule has 1 aromatic carbocycles. The second-order valence-corrected chi connectivity index (χ2v) is 9.15. The van der Waals surface area contributed by atoms with Gasteiger partial charge < -0.3 is 10.1 Å². The number of rotatable bonds is 4. The van der Waals surface area contributed by atoms with Crippen LogP contribution in [0.4, 0.5) is 4.79 Å². The van der Waals surface area contributed by atoms with Crippen molar-refractivity contribution in [3.05, 3.63) is 30.3 Å². The lowest BCUT2D eigenvalue weighted by molar-refractivity contribution is 0.0505. The van der Waals surface area contributed by atoms with Gasteiger partial charge in [0.15, 0.2) is 9.84 Å². The van der Waals surface area contributed by atoms with Crippen LogP contribution in [0.25, 0.3) is 0 Å². The molecular weight excluding hydrogens is 314 g/mol. The summed E-state index contributed by atoms with van der Waals surface area (Å²) in [5, 5.41) is 2.83. The van der Waals surface area contributed by atoms with Crippen molar-refractivity contribution >= 4 is 15.9 Å². The van der Waals surface area contributed by atoms with Gasteiger partial charge in [0.25, 0.3) is 0 Å². The summed E-state index contributed by atoms with van der Waals surface area (Å²) in [5.41, 5.74) is -0.529. The first kappa shape index (κ1) is 17.8. The van der Waals surface area contributed by atoms with Gasteiger partial charge in [0.2, 0.25) is 0 Å². The van der Waals surface area contributed by atoms with Crippen molar-refractivity contribution in [1.29, 1.82) is 0 Å². The quantitative estimate of drug-likeness (QED) is 0.914. The predicted molar refractivity (Wildman–Crippen MR) is 89.0 cm³/mol. The molecule has 6 heteroatoms. The summed E-state index contributed by atoms with van der Waals surface area (Å²) < 4.78 is 30.0. The van der Waals surface area contributed by atoms with E-state index in [2.05, 4.69) is 5.32 Å². The van der Waals surface area contributed by atoms with Gasteiger partial charge in [0.05, 0.1) is 10.6 Å². The molecule has 1 fully saturated rings. The highest BCUT2D eigenvalue weighted by Crippen LogP contribution is 2.29. The Kier molecular flexibility index (Phi) is 5.34. The average molecular weight is 339 g/mol. The van der Waals surface area contributed by atoms with Crippen LogP contribution in [0.1, 0.15) is 40.0 Å². The van der Waals surface area contributed by atoms with E-state index in [1.807, 2.05) is 20.8 Å². The summed E-state index contributed by atoms with van der Waals surface area (Å²) in [7, 11) is -3.27. The SMILES string of the molecule is CC(C)(C)OC(=O)NC1CCC(CS(=O)(=O)c2ccccc2)C1. The molecule has 1 amide bonds. The van der Waals surface area contributed by atoms with Crippen molar-refractivity contribution in [2.24, 2.45) is 5.92 Å². The summed E-state index contributed by atoms with van der Waals surface area (Å²) in [6.45, 7) is 5.45. The Labute approximate surface area is 138 Å². The van der Waals surface area contributed by atoms with Gasteiger partial charge in [-0.2, -0.15) is 0 Å². The highest BCUT2D eigenvalue weighted by atomic mass is 32.2. The maximum absolute atomic E-state index is 12.4. The van der Waals surface area contributed by atoms with Crippen LogP contribution < -0.4 is 5.32 Å². The van der Waals surface area contributed by atoms with Gasteiger partial charge >= 0.3 is 6.09 Å². The zero-order valence-electron chi connectivity index (χ0n) is 13.9. The zero-order valence-corrected chi connectivity index (χ0v) is 14.7. The lowest BCUT2D eigenvalue weighted by Crippen LogP contribution is -2.38. The lowest BCUT2D eigenvalue weighted by Gasteiger charge is -2.21. The van der Waals surface area contributed by atoms with Crippen LogP contribution >= 0.6 is 0 Å². The first-order valence-corrected chi connectivity index (χ1v) is 9.58. The third kappa shape index (κ3) is 5.53. The van der Waals surface area contributed by atoms with Crippen LogP contribution in [0.5, 0.6) is 0 Å². The molecule has 1 saturated carbocycles. The molecule has 1 aromatic rings. The second kappa shape index (κ2) is 6.91. The summed E-state index contributed by atoms with van der Waals surface area (Å²) in [4.78, 5) is 12.1. The van der Waals surface area contributed by atoms with Crippen LogP contribution in [0, 0.1) is 5.92 Å². The van der Waals surface area contributed by atoms with Crippen molar-refractivity contribution < 1.29 is 17.9 Å². The molecule has 0 aromatic heterocycles. The molecule has 2 atom stereocenters. The topological polar surface area (TPSA) is 72.5 Å². The van der Waals surface area contributed by atoms with Gasteiger partial charge in [0, 0.05) is 6.04 Å². The van der Waals surface area contributed by atoms with E-state index in [1.54, 1.807) is 30.3 Å². The predicted octanol–water partition coefficient (Wildman–Crippen LogP) is 3.15. The Morgan fingerprint density at radius 2 is 1.87 bits per heavy atom. The first-order valence-electron chi connectivity index (χ1n) is 7.93. The van der Waals surface area contributed by atoms with Crippen LogP contribution in [0.15, 0.2) is 35.2 Å². The molecule has 0 spiro atoms. The number of alkyl carbamates (subject to hydrolysis) is 1. The summed E-state index contributed by atoms with van der Waals surface area (Å²) in [6.07, 6.45) is 1.82. The number of amides is 1. The number of benzene rings is 1. The van der Waals surface area contributed by atoms with Gasteiger partial charge in [-0.15, -0.1) is 0 Å². The first-order chi connectivity index (χ1) is 10.7. The Balaban J connectivity index is 1.87. The van der Waals surface area contributed by atoms with E-state index in [4.69, 9.17) is 4.74 Å². The maximum Gasteiger partial charge on any atom is 0.407 e. The Bertz CT molecular complexity index is 634. The Hall–Kier alpha value is -1.56. The number of carbonyl (C=O) groups excluding carboxylic acids is 1. The fourth-order valence-corrected chi connectivity index (χ4v) is 4.55. The smallest absolute Gasteiger partial charge is 0.407 e. The standard InChI is InChI=1S/C17H25NO4S/c1-17(2,3)22-16(19)18-14-10-9-13(11-14)12-23(20,21)15-7-5-4-6-8-15/h4-8,13-14H,9-12H2,1-3H3,(H,18,19). The molecule has 0 heterocycles. The molecule has 0 aliphatic heterocycles. The molecule has 23 heavy (non-hydrogen) atoms. The van der Waals surface area contributed by atoms with Gasteiger partial charge in [0.1, 0.15) is 5.60 Å². The van der Waals surface area contributed by atoms with E-state index in [0.717, 1.165) is 12.8 Å². The van der Waals surface area contributed by atoms with Crippen LogP contribution in [0.3, 0.4) is 0 Å². The summed E-state index contributed by atoms with van der Waals surface area (Å²) in [5.74, 6) is 0.198. The molecule has 0 bridgehead atoms. The number of nitrogens with one attached hydrogen (secondary N) is 1. The van der Waals surface area contributed by atoms with Crippen molar-refractivity contribution in [3.63, 3.8) is 0 Å². The fraction of sp³-hybridized carbons (Fsp3) is 0.588. The van der Waals surface area contributed by atoms with E-state index in [0.29, 0.717) is 11.3 Å². The van der Waals surface area contributed by atoms with Gasteiger partial charge in [-0.1, -0.05) is 18.2 Å². The van der Waals surface area contributed by atoms with Crippen LogP contribution in [0.2, 0.25) is 0 Å². The molecular formula is C17H25NO4S. The second-order valence-electron chi connectivity index (χ2n) is 7.12. The highest BCUT2D eigenvalue weighted by molar-refractivity contribution is 7.91. The fourth-order valence-electron chi connectivity index (χ4n) is 2.87. The Morgan fingerprint density at radius 1 is 1.22 bits per heavy atom. The number of hydrogen-bond donors (Lipinski definition) is 1. The molecule has 1 aliphatic rings. The van der Waals surface area contributed by atoms with Gasteiger partial charge in [-0.3, -0.25) is 0 Å². The van der Waals surface area contributed by atoms with Crippen LogP contribution in [-0.2, 0) is 14.6 Å². The highest BCUT2D eigenvalue weighted by Gasteiger charge is 2.31. The Morgan fingerprint density at radius 3 is 2.48 bits per heavy atom. The van der Waals surface area contributed by atoms with Gasteiger partial charge in [-0.05, 0) is 58.1 Å². The number of carbonyl (C=O) groups is 1. The summed E-state index contributed by atoms with van der Waals surface area (Å²) >= 11 is 0. The zero-order chi connectivity index (χ0) is 17.1. The third-order valence-corrected chi connectivity index (χ3v) is 5.72. The maximum atomic E-state index is 12.4. The monoisotopic (exact) mass is 339 g/mol. The van der Waals surface area contributed by atoms with E-state index in [1.165, 1.54) is 0 Å². The van der Waals surface area contributed by atoms with E-state index < -0.39 is 21.5 Å². The molecule has 0 saturated heterocycles. The molecule has 5 nitrogen and oxygen atoms in total. The lowest BCUT2D eigenvalue weighted by atomic mass is 10.1. The normalized spacial score (nSPS) is 21.9. The molecule has 2 rings (SSSR count). The number of hydrogen-bond acceptors (Lipinski definition) is 4. The van der Waals surface area contributed by atoms with Crippen molar-refractivity contribution in [2.45, 2.75) is 56.6 Å². The molecule has 0 radical (unpaired) electrons. The van der Waals surface area contributed by atoms with Crippen molar-refractivity contribution in [2.75, 3.05) is 5.75 Å². The third-order valence-electron chi connectivity index (χ3n) is 3.82.